The van der Waals surface area contributed by atoms with Crippen LogP contribution in [0.2, 0.25) is 0 Å². The van der Waals surface area contributed by atoms with Crippen molar-refractivity contribution in [1.82, 2.24) is 0 Å². The third kappa shape index (κ3) is 4.14. The van der Waals surface area contributed by atoms with Crippen LogP contribution in [0.1, 0.15) is 20.8 Å². The fourth-order valence-electron chi connectivity index (χ4n) is 1.13. The van der Waals surface area contributed by atoms with E-state index in [0.717, 1.165) is 14.6 Å². The SMILES string of the molecule is CC(C)(C)N=C(N)Nc1c(Br)cccc1Br. The van der Waals surface area contributed by atoms with E-state index in [1.165, 1.54) is 0 Å². The van der Waals surface area contributed by atoms with Gasteiger partial charge in [-0.1, -0.05) is 6.07 Å². The van der Waals surface area contributed by atoms with E-state index in [-0.39, 0.29) is 5.54 Å². The van der Waals surface area contributed by atoms with Gasteiger partial charge in [-0.15, -0.1) is 0 Å². The van der Waals surface area contributed by atoms with E-state index in [9.17, 15) is 0 Å². The standard InChI is InChI=1S/C11H15Br2N3/c1-11(2,3)16-10(14)15-9-7(12)5-4-6-8(9)13/h4-6H,1-3H3,(H3,14,15,16). The maximum atomic E-state index is 5.83. The molecule has 0 unspecified atom stereocenters. The fourth-order valence-corrected chi connectivity index (χ4v) is 2.33. The predicted molar refractivity (Wildman–Crippen MR) is 76.8 cm³/mol. The van der Waals surface area contributed by atoms with Gasteiger partial charge in [-0.05, 0) is 64.8 Å². The molecule has 3 N–H and O–H groups in total. The molecule has 1 aromatic rings. The number of nitrogens with zero attached hydrogens (tertiary/aromatic N) is 1. The summed E-state index contributed by atoms with van der Waals surface area (Å²) in [6, 6.07) is 5.82. The zero-order chi connectivity index (χ0) is 12.3. The third-order valence-corrected chi connectivity index (χ3v) is 2.99. The molecule has 0 aliphatic carbocycles. The minimum Gasteiger partial charge on any atom is -0.370 e. The van der Waals surface area contributed by atoms with Crippen molar-refractivity contribution < 1.29 is 0 Å². The zero-order valence-electron chi connectivity index (χ0n) is 9.51. The number of aliphatic imine (C=N–C) groups is 1. The van der Waals surface area contributed by atoms with Crippen LogP contribution in [0, 0.1) is 0 Å². The predicted octanol–water partition coefficient (Wildman–Crippen LogP) is 3.74. The lowest BCUT2D eigenvalue weighted by molar-refractivity contribution is 0.583. The Balaban J connectivity index is 2.93. The van der Waals surface area contributed by atoms with Gasteiger partial charge in [-0.25, -0.2) is 4.99 Å². The first kappa shape index (κ1) is 13.5. The summed E-state index contributed by atoms with van der Waals surface area (Å²) in [5.74, 6) is 0.403. The Labute approximate surface area is 113 Å². The van der Waals surface area contributed by atoms with Crippen LogP contribution in [-0.2, 0) is 0 Å². The number of guanidine groups is 1. The molecule has 0 bridgehead atoms. The highest BCUT2D eigenvalue weighted by molar-refractivity contribution is 9.11. The van der Waals surface area contributed by atoms with Gasteiger partial charge in [0, 0.05) is 8.95 Å². The van der Waals surface area contributed by atoms with Gasteiger partial charge in [-0.3, -0.25) is 0 Å². The summed E-state index contributed by atoms with van der Waals surface area (Å²) in [5.41, 5.74) is 6.52. The number of nitrogens with two attached hydrogens (primary N) is 1. The highest BCUT2D eigenvalue weighted by Crippen LogP contribution is 2.30. The third-order valence-electron chi connectivity index (χ3n) is 1.67. The first-order valence-electron chi connectivity index (χ1n) is 4.86. The van der Waals surface area contributed by atoms with Crippen LogP contribution in [0.5, 0.6) is 0 Å². The number of hydrogen-bond acceptors (Lipinski definition) is 1. The molecule has 0 aliphatic rings. The maximum Gasteiger partial charge on any atom is 0.193 e. The number of para-hydroxylation sites is 1. The van der Waals surface area contributed by atoms with E-state index >= 15 is 0 Å². The van der Waals surface area contributed by atoms with Gasteiger partial charge >= 0.3 is 0 Å². The minimum absolute atomic E-state index is 0.190. The highest BCUT2D eigenvalue weighted by atomic mass is 79.9. The first-order valence-corrected chi connectivity index (χ1v) is 6.44. The molecule has 1 rings (SSSR count). The molecule has 0 amide bonds. The van der Waals surface area contributed by atoms with Crippen molar-refractivity contribution in [1.29, 1.82) is 0 Å². The molecule has 0 saturated heterocycles. The molecule has 0 fully saturated rings. The average Bonchev–Trinajstić information content (AvgIpc) is 2.08. The van der Waals surface area contributed by atoms with Gasteiger partial charge in [0.25, 0.3) is 0 Å². The summed E-state index contributed by atoms with van der Waals surface area (Å²) in [4.78, 5) is 4.33. The lowest BCUT2D eigenvalue weighted by atomic mass is 10.1. The Morgan fingerprint density at radius 1 is 1.25 bits per heavy atom. The lowest BCUT2D eigenvalue weighted by Crippen LogP contribution is -2.27. The number of nitrogens with one attached hydrogen (secondary N) is 1. The smallest absolute Gasteiger partial charge is 0.193 e. The van der Waals surface area contributed by atoms with Gasteiger partial charge in [0.1, 0.15) is 0 Å². The molecular formula is C11H15Br2N3. The van der Waals surface area contributed by atoms with Crippen molar-refractivity contribution in [3.8, 4) is 0 Å². The van der Waals surface area contributed by atoms with E-state index in [0.29, 0.717) is 5.96 Å². The summed E-state index contributed by atoms with van der Waals surface area (Å²) < 4.78 is 1.88. The topological polar surface area (TPSA) is 50.4 Å². The zero-order valence-corrected chi connectivity index (χ0v) is 12.7. The number of benzene rings is 1. The summed E-state index contributed by atoms with van der Waals surface area (Å²) in [7, 11) is 0. The number of anilines is 1. The number of hydrogen-bond donors (Lipinski definition) is 2. The summed E-state index contributed by atoms with van der Waals surface area (Å²) in [5, 5.41) is 3.07. The van der Waals surface area contributed by atoms with E-state index in [2.05, 4.69) is 42.2 Å². The van der Waals surface area contributed by atoms with Gasteiger partial charge in [-0.2, -0.15) is 0 Å². The van der Waals surface area contributed by atoms with Gasteiger partial charge in [0.05, 0.1) is 11.2 Å². The first-order chi connectivity index (χ1) is 7.29. The molecule has 88 valence electrons. The summed E-state index contributed by atoms with van der Waals surface area (Å²) in [6.45, 7) is 5.99. The van der Waals surface area contributed by atoms with Gasteiger partial charge in [0.2, 0.25) is 0 Å². The van der Waals surface area contributed by atoms with Gasteiger partial charge < -0.3 is 11.1 Å². The monoisotopic (exact) mass is 347 g/mol. The van der Waals surface area contributed by atoms with Crippen LogP contribution >= 0.6 is 31.9 Å². The average molecular weight is 349 g/mol. The second kappa shape index (κ2) is 5.19. The van der Waals surface area contributed by atoms with Crippen LogP contribution in [0.3, 0.4) is 0 Å². The maximum absolute atomic E-state index is 5.83. The Morgan fingerprint density at radius 2 is 1.75 bits per heavy atom. The molecule has 3 nitrogen and oxygen atoms in total. The van der Waals surface area contributed by atoms with Crippen molar-refractivity contribution in [2.75, 3.05) is 5.32 Å². The van der Waals surface area contributed by atoms with Crippen molar-refractivity contribution in [2.45, 2.75) is 26.3 Å². The van der Waals surface area contributed by atoms with Crippen LogP contribution in [0.15, 0.2) is 32.1 Å². The van der Waals surface area contributed by atoms with Crippen LogP contribution in [0.25, 0.3) is 0 Å². The van der Waals surface area contributed by atoms with Crippen molar-refractivity contribution in [2.24, 2.45) is 10.7 Å². The van der Waals surface area contributed by atoms with E-state index in [1.54, 1.807) is 0 Å². The Bertz CT molecular complexity index is 388. The number of halogens is 2. The fraction of sp³-hybridized carbons (Fsp3) is 0.364. The molecule has 1 aromatic carbocycles. The summed E-state index contributed by atoms with van der Waals surface area (Å²) in [6.07, 6.45) is 0. The molecule has 0 radical (unpaired) electrons. The van der Waals surface area contributed by atoms with Crippen LogP contribution < -0.4 is 11.1 Å². The molecule has 0 aromatic heterocycles. The van der Waals surface area contributed by atoms with Crippen LogP contribution in [-0.4, -0.2) is 11.5 Å². The van der Waals surface area contributed by atoms with E-state index in [4.69, 9.17) is 5.73 Å². The molecule has 0 saturated carbocycles. The Kier molecular flexibility index (Phi) is 4.38. The molecule has 5 heteroatoms. The quantitative estimate of drug-likeness (QED) is 0.600. The lowest BCUT2D eigenvalue weighted by Gasteiger charge is -2.15. The second-order valence-electron chi connectivity index (χ2n) is 4.39. The van der Waals surface area contributed by atoms with Gasteiger partial charge in [0.15, 0.2) is 5.96 Å². The van der Waals surface area contributed by atoms with Crippen LogP contribution in [0.4, 0.5) is 5.69 Å². The molecule has 0 aliphatic heterocycles. The largest absolute Gasteiger partial charge is 0.370 e. The Hall–Kier alpha value is -0.550. The Morgan fingerprint density at radius 3 is 2.19 bits per heavy atom. The van der Waals surface area contributed by atoms with Crippen molar-refractivity contribution in [3.05, 3.63) is 27.1 Å². The minimum atomic E-state index is -0.190. The molecule has 16 heavy (non-hydrogen) atoms. The summed E-state index contributed by atoms with van der Waals surface area (Å²) >= 11 is 6.90. The molecule has 0 spiro atoms. The number of rotatable bonds is 1. The van der Waals surface area contributed by atoms with E-state index in [1.807, 2.05) is 39.0 Å². The second-order valence-corrected chi connectivity index (χ2v) is 6.10. The van der Waals surface area contributed by atoms with E-state index < -0.39 is 0 Å². The normalized spacial score (nSPS) is 12.7. The molecule has 0 atom stereocenters. The van der Waals surface area contributed by atoms with Crippen molar-refractivity contribution in [3.63, 3.8) is 0 Å². The molecular weight excluding hydrogens is 334 g/mol. The highest BCUT2D eigenvalue weighted by Gasteiger charge is 2.10. The molecule has 0 heterocycles. The van der Waals surface area contributed by atoms with Crippen molar-refractivity contribution >= 4 is 43.5 Å².